The van der Waals surface area contributed by atoms with Gasteiger partial charge in [0, 0.05) is 5.02 Å². The molecular weight excluding hydrogens is 226 g/mol. The summed E-state index contributed by atoms with van der Waals surface area (Å²) in [6.45, 7) is 3.88. The monoisotopic (exact) mass is 237 g/mol. The minimum Gasteiger partial charge on any atom is -0.385 e. The Hall–Kier alpha value is -1.55. The van der Waals surface area contributed by atoms with Gasteiger partial charge < -0.3 is 5.73 Å². The minimum absolute atomic E-state index is 0.128. The molecule has 0 saturated heterocycles. The summed E-state index contributed by atoms with van der Waals surface area (Å²) in [4.78, 5) is 11.6. The van der Waals surface area contributed by atoms with Crippen molar-refractivity contribution in [2.45, 2.75) is 20.3 Å². The Labute approximate surface area is 98.7 Å². The zero-order valence-electron chi connectivity index (χ0n) is 9.12. The van der Waals surface area contributed by atoms with Crippen LogP contribution in [0.5, 0.6) is 0 Å². The first-order chi connectivity index (χ1) is 7.49. The van der Waals surface area contributed by atoms with Crippen LogP contribution in [0.15, 0.2) is 17.2 Å². The van der Waals surface area contributed by atoms with Crippen molar-refractivity contribution in [3.05, 3.63) is 28.3 Å². The molecule has 0 bridgehead atoms. The largest absolute Gasteiger partial charge is 0.385 e. The van der Waals surface area contributed by atoms with Crippen molar-refractivity contribution in [2.75, 3.05) is 5.01 Å². The number of nitrogens with zero attached hydrogens (tertiary/aromatic N) is 2. The number of carbonyl (C=O) groups is 1. The molecule has 5 heteroatoms. The molecule has 0 spiro atoms. The summed E-state index contributed by atoms with van der Waals surface area (Å²) < 4.78 is 0. The Morgan fingerprint density at radius 2 is 2.12 bits per heavy atom. The summed E-state index contributed by atoms with van der Waals surface area (Å²) in [6, 6.07) is 3.60. The number of rotatable bonds is 1. The van der Waals surface area contributed by atoms with E-state index in [4.69, 9.17) is 17.3 Å². The number of hydrogen-bond acceptors (Lipinski definition) is 3. The Kier molecular flexibility index (Phi) is 2.59. The highest BCUT2D eigenvalue weighted by molar-refractivity contribution is 6.31. The standard InChI is InChI=1S/C11H12ClN3O/c1-6-3-8(4-9(12)7(6)2)15-11(16)5-10(13)14-15/h3-4H,5H2,1-2H3,(H2,13,14). The van der Waals surface area contributed by atoms with Gasteiger partial charge in [0.2, 0.25) is 0 Å². The number of hydrazone groups is 1. The van der Waals surface area contributed by atoms with Gasteiger partial charge in [-0.2, -0.15) is 10.1 Å². The highest BCUT2D eigenvalue weighted by Crippen LogP contribution is 2.28. The topological polar surface area (TPSA) is 58.7 Å². The molecule has 1 aromatic rings. The summed E-state index contributed by atoms with van der Waals surface area (Å²) in [6.07, 6.45) is 0.171. The molecule has 1 aliphatic rings. The molecule has 0 aromatic heterocycles. The molecule has 16 heavy (non-hydrogen) atoms. The van der Waals surface area contributed by atoms with E-state index in [1.165, 1.54) is 5.01 Å². The number of halogens is 1. The van der Waals surface area contributed by atoms with Crippen LogP contribution in [-0.4, -0.2) is 11.7 Å². The predicted molar refractivity (Wildman–Crippen MR) is 64.7 cm³/mol. The fourth-order valence-electron chi connectivity index (χ4n) is 1.57. The van der Waals surface area contributed by atoms with Gasteiger partial charge in [-0.15, -0.1) is 0 Å². The number of hydrogen-bond donors (Lipinski definition) is 1. The molecule has 1 amide bonds. The van der Waals surface area contributed by atoms with E-state index in [0.717, 1.165) is 11.1 Å². The zero-order valence-corrected chi connectivity index (χ0v) is 9.88. The van der Waals surface area contributed by atoms with E-state index < -0.39 is 0 Å². The summed E-state index contributed by atoms with van der Waals surface area (Å²) in [5.41, 5.74) is 8.21. The normalized spacial score (nSPS) is 15.6. The summed E-state index contributed by atoms with van der Waals surface area (Å²) in [5, 5.41) is 5.90. The second-order valence-electron chi connectivity index (χ2n) is 3.84. The van der Waals surface area contributed by atoms with E-state index in [0.29, 0.717) is 16.5 Å². The highest BCUT2D eigenvalue weighted by Gasteiger charge is 2.24. The van der Waals surface area contributed by atoms with Gasteiger partial charge in [0.1, 0.15) is 5.84 Å². The lowest BCUT2D eigenvalue weighted by molar-refractivity contribution is -0.116. The molecule has 0 radical (unpaired) electrons. The van der Waals surface area contributed by atoms with Crippen LogP contribution in [0.25, 0.3) is 0 Å². The van der Waals surface area contributed by atoms with Crippen molar-refractivity contribution in [3.63, 3.8) is 0 Å². The number of carbonyl (C=O) groups excluding carboxylic acids is 1. The van der Waals surface area contributed by atoms with E-state index in [1.807, 2.05) is 19.9 Å². The van der Waals surface area contributed by atoms with Crippen molar-refractivity contribution in [1.82, 2.24) is 0 Å². The third-order valence-electron chi connectivity index (χ3n) is 2.63. The fourth-order valence-corrected chi connectivity index (χ4v) is 1.83. The average molecular weight is 238 g/mol. The van der Waals surface area contributed by atoms with E-state index in [2.05, 4.69) is 5.10 Å². The first-order valence-electron chi connectivity index (χ1n) is 4.91. The highest BCUT2D eigenvalue weighted by atomic mass is 35.5. The molecule has 0 fully saturated rings. The van der Waals surface area contributed by atoms with Crippen molar-refractivity contribution in [3.8, 4) is 0 Å². The Bertz CT molecular complexity index is 473. The zero-order chi connectivity index (χ0) is 11.9. The smallest absolute Gasteiger partial charge is 0.255 e. The maximum atomic E-state index is 11.6. The molecule has 84 valence electrons. The van der Waals surface area contributed by atoms with Crippen LogP contribution in [0.3, 0.4) is 0 Å². The number of anilines is 1. The lowest BCUT2D eigenvalue weighted by Gasteiger charge is -2.14. The SMILES string of the molecule is Cc1cc(N2N=C(N)CC2=O)cc(Cl)c1C. The Morgan fingerprint density at radius 3 is 2.62 bits per heavy atom. The van der Waals surface area contributed by atoms with Gasteiger partial charge in [0.15, 0.2) is 0 Å². The van der Waals surface area contributed by atoms with Crippen molar-refractivity contribution < 1.29 is 4.79 Å². The molecule has 0 saturated carbocycles. The predicted octanol–water partition coefficient (Wildman–Crippen LogP) is 1.97. The number of amidine groups is 1. The van der Waals surface area contributed by atoms with E-state index >= 15 is 0 Å². The van der Waals surface area contributed by atoms with Crippen molar-refractivity contribution in [2.24, 2.45) is 10.8 Å². The van der Waals surface area contributed by atoms with Gasteiger partial charge in [0.05, 0.1) is 12.1 Å². The molecule has 1 heterocycles. The van der Waals surface area contributed by atoms with Crippen LogP contribution in [0.2, 0.25) is 5.02 Å². The molecule has 2 N–H and O–H groups in total. The van der Waals surface area contributed by atoms with Crippen LogP contribution in [0.4, 0.5) is 5.69 Å². The minimum atomic E-state index is -0.128. The molecule has 1 aliphatic heterocycles. The lowest BCUT2D eigenvalue weighted by Crippen LogP contribution is -2.19. The molecule has 1 aromatic carbocycles. The second kappa shape index (κ2) is 3.79. The van der Waals surface area contributed by atoms with Crippen LogP contribution in [-0.2, 0) is 4.79 Å². The molecule has 2 rings (SSSR count). The van der Waals surface area contributed by atoms with Gasteiger partial charge in [-0.3, -0.25) is 4.79 Å². The summed E-state index contributed by atoms with van der Waals surface area (Å²) in [7, 11) is 0. The number of amides is 1. The summed E-state index contributed by atoms with van der Waals surface area (Å²) >= 11 is 6.06. The van der Waals surface area contributed by atoms with Crippen LogP contribution in [0.1, 0.15) is 17.5 Å². The Balaban J connectivity index is 2.46. The van der Waals surface area contributed by atoms with Gasteiger partial charge in [-0.25, -0.2) is 0 Å². The van der Waals surface area contributed by atoms with E-state index in [9.17, 15) is 4.79 Å². The van der Waals surface area contributed by atoms with Gasteiger partial charge >= 0.3 is 0 Å². The first kappa shape index (κ1) is 11.0. The molecule has 0 atom stereocenters. The molecule has 0 unspecified atom stereocenters. The van der Waals surface area contributed by atoms with Crippen LogP contribution < -0.4 is 10.7 Å². The van der Waals surface area contributed by atoms with Crippen LogP contribution in [0, 0.1) is 13.8 Å². The van der Waals surface area contributed by atoms with Gasteiger partial charge in [-0.05, 0) is 37.1 Å². The first-order valence-corrected chi connectivity index (χ1v) is 5.29. The number of benzene rings is 1. The molecule has 4 nitrogen and oxygen atoms in total. The Morgan fingerprint density at radius 1 is 1.44 bits per heavy atom. The fraction of sp³-hybridized carbons (Fsp3) is 0.273. The van der Waals surface area contributed by atoms with E-state index in [1.54, 1.807) is 6.07 Å². The van der Waals surface area contributed by atoms with E-state index in [-0.39, 0.29) is 12.3 Å². The van der Waals surface area contributed by atoms with Crippen LogP contribution >= 0.6 is 11.6 Å². The maximum absolute atomic E-state index is 11.6. The average Bonchev–Trinajstić information content (AvgIpc) is 2.53. The third kappa shape index (κ3) is 1.76. The lowest BCUT2D eigenvalue weighted by atomic mass is 10.1. The van der Waals surface area contributed by atoms with Gasteiger partial charge in [0.25, 0.3) is 5.91 Å². The molecular formula is C11H12ClN3O. The van der Waals surface area contributed by atoms with Crippen molar-refractivity contribution in [1.29, 1.82) is 0 Å². The van der Waals surface area contributed by atoms with Gasteiger partial charge in [-0.1, -0.05) is 11.6 Å². The maximum Gasteiger partial charge on any atom is 0.255 e. The second-order valence-corrected chi connectivity index (χ2v) is 4.25. The quantitative estimate of drug-likeness (QED) is 0.812. The number of aryl methyl sites for hydroxylation is 1. The summed E-state index contributed by atoms with van der Waals surface area (Å²) in [5.74, 6) is 0.205. The molecule has 0 aliphatic carbocycles. The number of nitrogens with two attached hydrogens (primary N) is 1. The van der Waals surface area contributed by atoms with Crippen molar-refractivity contribution >= 4 is 29.0 Å². The third-order valence-corrected chi connectivity index (χ3v) is 3.02.